The van der Waals surface area contributed by atoms with Gasteiger partial charge in [-0.05, 0) is 46.7 Å². The van der Waals surface area contributed by atoms with Gasteiger partial charge in [-0.15, -0.1) is 0 Å². The van der Waals surface area contributed by atoms with Gasteiger partial charge in [0.2, 0.25) is 0 Å². The fourth-order valence-corrected chi connectivity index (χ4v) is 5.06. The van der Waals surface area contributed by atoms with Crippen LogP contribution in [0, 0.1) is 0 Å². The van der Waals surface area contributed by atoms with E-state index in [2.05, 4.69) is 5.32 Å². The zero-order valence-electron chi connectivity index (χ0n) is 13.3. The first-order valence-electron chi connectivity index (χ1n) is 7.46. The lowest BCUT2D eigenvalue weighted by Gasteiger charge is -2.28. The normalized spacial score (nSPS) is 12.8. The summed E-state index contributed by atoms with van der Waals surface area (Å²) in [5.41, 5.74) is 0. The average Bonchev–Trinajstić information content (AvgIpc) is 2.37. The molecular weight excluding hydrogens is 314 g/mol. The lowest BCUT2D eigenvalue weighted by molar-refractivity contribution is 0.0708. The van der Waals surface area contributed by atoms with Crippen LogP contribution >= 0.6 is 0 Å². The van der Waals surface area contributed by atoms with Crippen LogP contribution in [0.15, 0.2) is 0 Å². The Morgan fingerprint density at radius 3 is 1.86 bits per heavy atom. The van der Waals surface area contributed by atoms with Crippen molar-refractivity contribution < 1.29 is 26.2 Å². The van der Waals surface area contributed by atoms with Crippen LogP contribution in [-0.2, 0) is 23.4 Å². The first kappa shape index (κ1) is 21.0. The lowest BCUT2D eigenvalue weighted by Crippen LogP contribution is -2.46. The molecule has 0 aliphatic carbocycles. The van der Waals surface area contributed by atoms with E-state index in [0.717, 1.165) is 19.0 Å². The SMILES string of the molecule is CCO[Si](CCCNCCCS(=O)(=O)O)(OCC)OCC. The second kappa shape index (κ2) is 11.5. The summed E-state index contributed by atoms with van der Waals surface area (Å²) in [5.74, 6) is -0.213. The Hall–Kier alpha value is -0.0331. The average molecular weight is 344 g/mol. The molecule has 0 saturated heterocycles. The van der Waals surface area contributed by atoms with Gasteiger partial charge in [-0.3, -0.25) is 4.55 Å². The van der Waals surface area contributed by atoms with Crippen molar-refractivity contribution in [2.75, 3.05) is 38.7 Å². The van der Waals surface area contributed by atoms with Crippen LogP contribution in [0.1, 0.15) is 33.6 Å². The molecule has 0 aromatic rings. The summed E-state index contributed by atoms with van der Waals surface area (Å²) in [6.07, 6.45) is 1.22. The zero-order valence-corrected chi connectivity index (χ0v) is 15.1. The summed E-state index contributed by atoms with van der Waals surface area (Å²) in [6.45, 7) is 8.74. The third-order valence-corrected chi connectivity index (χ3v) is 6.64. The molecule has 128 valence electrons. The molecule has 2 N–H and O–H groups in total. The van der Waals surface area contributed by atoms with Crippen LogP contribution in [0.4, 0.5) is 0 Å². The highest BCUT2D eigenvalue weighted by molar-refractivity contribution is 7.85. The zero-order chi connectivity index (χ0) is 16.2. The Balaban J connectivity index is 3.96. The van der Waals surface area contributed by atoms with Crippen molar-refractivity contribution in [3.05, 3.63) is 0 Å². The summed E-state index contributed by atoms with van der Waals surface area (Å²) in [4.78, 5) is 0. The van der Waals surface area contributed by atoms with Crippen molar-refractivity contribution in [2.45, 2.75) is 39.7 Å². The molecule has 0 aliphatic rings. The van der Waals surface area contributed by atoms with Gasteiger partial charge in [0.15, 0.2) is 0 Å². The second-order valence-electron chi connectivity index (χ2n) is 4.48. The smallest absolute Gasteiger partial charge is 0.374 e. The highest BCUT2D eigenvalue weighted by Crippen LogP contribution is 2.17. The number of rotatable bonds is 14. The van der Waals surface area contributed by atoms with Crippen LogP contribution in [-0.4, -0.2) is 60.4 Å². The Labute approximate surface area is 129 Å². The Bertz CT molecular complexity index is 335. The Morgan fingerprint density at radius 2 is 1.43 bits per heavy atom. The molecule has 9 heteroatoms. The van der Waals surface area contributed by atoms with Gasteiger partial charge < -0.3 is 18.6 Å². The summed E-state index contributed by atoms with van der Waals surface area (Å²) in [7, 11) is -6.43. The first-order valence-corrected chi connectivity index (χ1v) is 11.0. The third kappa shape index (κ3) is 11.2. The molecule has 0 aromatic heterocycles. The summed E-state index contributed by atoms with van der Waals surface area (Å²) in [5, 5.41) is 3.14. The van der Waals surface area contributed by atoms with Gasteiger partial charge in [0.05, 0.1) is 5.75 Å². The first-order chi connectivity index (χ1) is 9.89. The molecule has 0 rings (SSSR count). The van der Waals surface area contributed by atoms with E-state index < -0.39 is 18.9 Å². The van der Waals surface area contributed by atoms with E-state index in [1.165, 1.54) is 0 Å². The molecule has 0 aliphatic heterocycles. The van der Waals surface area contributed by atoms with E-state index in [9.17, 15) is 8.42 Å². The predicted octanol–water partition coefficient (Wildman–Crippen LogP) is 1.29. The number of nitrogens with one attached hydrogen (secondary N) is 1. The molecule has 21 heavy (non-hydrogen) atoms. The maximum absolute atomic E-state index is 10.6. The second-order valence-corrected chi connectivity index (χ2v) is 8.78. The molecule has 0 aromatic carbocycles. The van der Waals surface area contributed by atoms with Gasteiger partial charge in [0.1, 0.15) is 0 Å². The molecule has 0 atom stereocenters. The van der Waals surface area contributed by atoms with E-state index in [1.807, 2.05) is 20.8 Å². The summed E-state index contributed by atoms with van der Waals surface area (Å²) in [6, 6.07) is 0.730. The molecule has 0 spiro atoms. The fourth-order valence-electron chi connectivity index (χ4n) is 1.94. The fraction of sp³-hybridized carbons (Fsp3) is 1.00. The van der Waals surface area contributed by atoms with Gasteiger partial charge in [0.25, 0.3) is 10.1 Å². The molecule has 0 saturated carbocycles. The molecular formula is C12H29NO6SSi. The molecule has 0 radical (unpaired) electrons. The van der Waals surface area contributed by atoms with E-state index in [1.54, 1.807) is 0 Å². The van der Waals surface area contributed by atoms with Crippen LogP contribution in [0.25, 0.3) is 0 Å². The monoisotopic (exact) mass is 343 g/mol. The summed E-state index contributed by atoms with van der Waals surface area (Å²) >= 11 is 0. The molecule has 0 fully saturated rings. The van der Waals surface area contributed by atoms with Crippen LogP contribution in [0.2, 0.25) is 6.04 Å². The van der Waals surface area contributed by atoms with Gasteiger partial charge >= 0.3 is 8.80 Å². The van der Waals surface area contributed by atoms with Crippen LogP contribution in [0.3, 0.4) is 0 Å². The van der Waals surface area contributed by atoms with Crippen molar-refractivity contribution >= 4 is 18.9 Å². The molecule has 0 heterocycles. The van der Waals surface area contributed by atoms with Crippen LogP contribution < -0.4 is 5.32 Å². The van der Waals surface area contributed by atoms with E-state index >= 15 is 0 Å². The van der Waals surface area contributed by atoms with E-state index in [0.29, 0.717) is 32.8 Å². The van der Waals surface area contributed by atoms with Gasteiger partial charge in [0, 0.05) is 25.9 Å². The minimum atomic E-state index is -3.86. The van der Waals surface area contributed by atoms with Crippen molar-refractivity contribution in [1.82, 2.24) is 5.32 Å². The van der Waals surface area contributed by atoms with Crippen molar-refractivity contribution in [1.29, 1.82) is 0 Å². The number of hydrogen-bond acceptors (Lipinski definition) is 6. The lowest BCUT2D eigenvalue weighted by atomic mass is 10.4. The van der Waals surface area contributed by atoms with Gasteiger partial charge in [-0.2, -0.15) is 8.42 Å². The highest BCUT2D eigenvalue weighted by Gasteiger charge is 2.39. The standard InChI is InChI=1S/C12H29NO6SSi/c1-4-17-21(18-5-2,19-6-3)12-8-10-13-9-7-11-20(14,15)16/h13H,4-12H2,1-3H3,(H,14,15,16). The highest BCUT2D eigenvalue weighted by atomic mass is 32.2. The van der Waals surface area contributed by atoms with E-state index in [4.69, 9.17) is 17.8 Å². The quantitative estimate of drug-likeness (QED) is 0.279. The Kier molecular flexibility index (Phi) is 11.5. The van der Waals surface area contributed by atoms with Gasteiger partial charge in [-0.1, -0.05) is 0 Å². The third-order valence-electron chi connectivity index (χ3n) is 2.69. The maximum atomic E-state index is 10.6. The minimum absolute atomic E-state index is 0.213. The summed E-state index contributed by atoms with van der Waals surface area (Å²) < 4.78 is 46.9. The number of hydrogen-bond donors (Lipinski definition) is 2. The van der Waals surface area contributed by atoms with Crippen molar-refractivity contribution in [3.63, 3.8) is 0 Å². The molecule has 0 bridgehead atoms. The van der Waals surface area contributed by atoms with Crippen molar-refractivity contribution in [3.8, 4) is 0 Å². The topological polar surface area (TPSA) is 94.1 Å². The van der Waals surface area contributed by atoms with Gasteiger partial charge in [-0.25, -0.2) is 0 Å². The molecule has 0 amide bonds. The minimum Gasteiger partial charge on any atom is -0.374 e. The van der Waals surface area contributed by atoms with Crippen molar-refractivity contribution in [2.24, 2.45) is 0 Å². The van der Waals surface area contributed by atoms with Crippen LogP contribution in [0.5, 0.6) is 0 Å². The Morgan fingerprint density at radius 1 is 0.952 bits per heavy atom. The largest absolute Gasteiger partial charge is 0.500 e. The molecule has 7 nitrogen and oxygen atoms in total. The molecule has 0 unspecified atom stereocenters. The maximum Gasteiger partial charge on any atom is 0.500 e. The van der Waals surface area contributed by atoms with E-state index in [-0.39, 0.29) is 5.75 Å². The predicted molar refractivity (Wildman–Crippen MR) is 84.0 cm³/mol.